The number of aryl methyl sites for hydroxylation is 1. The molecule has 36 heavy (non-hydrogen) atoms. The van der Waals surface area contributed by atoms with Crippen molar-refractivity contribution in [1.29, 1.82) is 0 Å². The van der Waals surface area contributed by atoms with Gasteiger partial charge in [-0.15, -0.1) is 0 Å². The zero-order valence-electron chi connectivity index (χ0n) is 21.3. The van der Waals surface area contributed by atoms with E-state index in [9.17, 15) is 9.59 Å². The number of methoxy groups -OCH3 is 2. The van der Waals surface area contributed by atoms with E-state index in [-0.39, 0.29) is 25.0 Å². The second-order valence-corrected chi connectivity index (χ2v) is 8.39. The van der Waals surface area contributed by atoms with Crippen LogP contribution in [-0.2, 0) is 22.6 Å². The van der Waals surface area contributed by atoms with Gasteiger partial charge in [0.25, 0.3) is 5.91 Å². The molecule has 7 heteroatoms. The van der Waals surface area contributed by atoms with E-state index in [0.717, 1.165) is 16.7 Å². The molecule has 0 fully saturated rings. The summed E-state index contributed by atoms with van der Waals surface area (Å²) in [6.07, 6.45) is 0.386. The second-order valence-electron chi connectivity index (χ2n) is 8.39. The van der Waals surface area contributed by atoms with Crippen LogP contribution in [0, 0.1) is 6.92 Å². The minimum Gasteiger partial charge on any atom is -0.496 e. The van der Waals surface area contributed by atoms with Crippen molar-refractivity contribution in [3.05, 3.63) is 89.5 Å². The smallest absolute Gasteiger partial charge is 0.261 e. The average molecular weight is 491 g/mol. The number of nitrogens with one attached hydrogen (secondary N) is 1. The summed E-state index contributed by atoms with van der Waals surface area (Å²) in [6.45, 7) is 4.37. The number of amides is 2. The molecular formula is C29H34N2O5. The van der Waals surface area contributed by atoms with E-state index in [1.807, 2.05) is 68.4 Å². The van der Waals surface area contributed by atoms with Crippen LogP contribution >= 0.6 is 0 Å². The van der Waals surface area contributed by atoms with Crippen molar-refractivity contribution in [2.45, 2.75) is 32.9 Å². The molecule has 1 N–H and O–H groups in total. The van der Waals surface area contributed by atoms with E-state index in [1.54, 1.807) is 37.3 Å². The molecule has 0 spiro atoms. The monoisotopic (exact) mass is 490 g/mol. The van der Waals surface area contributed by atoms with Crippen molar-refractivity contribution < 1.29 is 23.8 Å². The molecule has 0 saturated heterocycles. The summed E-state index contributed by atoms with van der Waals surface area (Å²) in [7, 11) is 3.10. The Kier molecular flexibility index (Phi) is 9.74. The SMILES string of the molecule is CCNC(=O)[C@H](Cc1ccccc1)N(Cc1ccccc1C)C(=O)COc1cc(OC)cc(OC)c1. The highest BCUT2D eigenvalue weighted by molar-refractivity contribution is 5.88. The van der Waals surface area contributed by atoms with Crippen LogP contribution in [0.25, 0.3) is 0 Å². The van der Waals surface area contributed by atoms with Crippen molar-refractivity contribution in [2.24, 2.45) is 0 Å². The van der Waals surface area contributed by atoms with Crippen LogP contribution in [0.3, 0.4) is 0 Å². The van der Waals surface area contributed by atoms with Crippen LogP contribution < -0.4 is 19.5 Å². The molecule has 3 aromatic carbocycles. The molecule has 2 amide bonds. The lowest BCUT2D eigenvalue weighted by atomic mass is 10.0. The summed E-state index contributed by atoms with van der Waals surface area (Å²) >= 11 is 0. The standard InChI is InChI=1S/C29H34N2O5/c1-5-30-29(33)27(15-22-12-7-6-8-13-22)31(19-23-14-10-9-11-21(23)2)28(32)20-36-26-17-24(34-3)16-25(18-26)35-4/h6-14,16-18,27H,5,15,19-20H2,1-4H3,(H,30,33)/t27-/m0/s1. The summed E-state index contributed by atoms with van der Waals surface area (Å²) in [4.78, 5) is 28.5. The fraction of sp³-hybridized carbons (Fsp3) is 0.310. The van der Waals surface area contributed by atoms with E-state index in [1.165, 1.54) is 0 Å². The molecule has 0 aliphatic carbocycles. The van der Waals surface area contributed by atoms with Crippen molar-refractivity contribution in [1.82, 2.24) is 10.2 Å². The van der Waals surface area contributed by atoms with Crippen LogP contribution in [0.4, 0.5) is 0 Å². The fourth-order valence-corrected chi connectivity index (χ4v) is 3.91. The number of carbonyl (C=O) groups is 2. The van der Waals surface area contributed by atoms with Gasteiger partial charge in [-0.05, 0) is 30.5 Å². The molecule has 3 aromatic rings. The Hall–Kier alpha value is -4.00. The zero-order chi connectivity index (χ0) is 25.9. The van der Waals surface area contributed by atoms with E-state index >= 15 is 0 Å². The molecule has 0 aliphatic rings. The predicted octanol–water partition coefficient (Wildman–Crippen LogP) is 4.17. The molecule has 0 aliphatic heterocycles. The summed E-state index contributed by atoms with van der Waals surface area (Å²) in [5, 5.41) is 2.90. The molecule has 0 heterocycles. The topological polar surface area (TPSA) is 77.1 Å². The molecule has 0 bridgehead atoms. The lowest BCUT2D eigenvalue weighted by molar-refractivity contribution is -0.142. The Morgan fingerprint density at radius 3 is 2.11 bits per heavy atom. The summed E-state index contributed by atoms with van der Waals surface area (Å²) < 4.78 is 16.5. The lowest BCUT2D eigenvalue weighted by Crippen LogP contribution is -2.51. The number of carbonyl (C=O) groups excluding carboxylic acids is 2. The molecule has 190 valence electrons. The van der Waals surface area contributed by atoms with Gasteiger partial charge in [-0.2, -0.15) is 0 Å². The van der Waals surface area contributed by atoms with Gasteiger partial charge in [-0.25, -0.2) is 0 Å². The minimum atomic E-state index is -0.706. The van der Waals surface area contributed by atoms with Crippen LogP contribution in [0.15, 0.2) is 72.8 Å². The van der Waals surface area contributed by atoms with Crippen molar-refractivity contribution >= 4 is 11.8 Å². The van der Waals surface area contributed by atoms with Gasteiger partial charge in [0.15, 0.2) is 6.61 Å². The first-order valence-corrected chi connectivity index (χ1v) is 12.0. The van der Waals surface area contributed by atoms with E-state index in [4.69, 9.17) is 14.2 Å². The maximum Gasteiger partial charge on any atom is 0.261 e. The van der Waals surface area contributed by atoms with Crippen molar-refractivity contribution in [3.8, 4) is 17.2 Å². The van der Waals surface area contributed by atoms with Crippen molar-refractivity contribution in [2.75, 3.05) is 27.4 Å². The van der Waals surface area contributed by atoms with Gasteiger partial charge in [-0.1, -0.05) is 54.6 Å². The molecule has 7 nitrogen and oxygen atoms in total. The van der Waals surface area contributed by atoms with E-state index in [0.29, 0.717) is 30.2 Å². The molecule has 0 radical (unpaired) electrons. The predicted molar refractivity (Wildman–Crippen MR) is 139 cm³/mol. The molecular weight excluding hydrogens is 456 g/mol. The first-order chi connectivity index (χ1) is 17.4. The fourth-order valence-electron chi connectivity index (χ4n) is 3.91. The van der Waals surface area contributed by atoms with Gasteiger partial charge in [0.2, 0.25) is 5.91 Å². The van der Waals surface area contributed by atoms with Crippen molar-refractivity contribution in [3.63, 3.8) is 0 Å². The first-order valence-electron chi connectivity index (χ1n) is 12.0. The Labute approximate surface area is 213 Å². The third-order valence-corrected chi connectivity index (χ3v) is 5.91. The highest BCUT2D eigenvalue weighted by atomic mass is 16.5. The van der Waals surface area contributed by atoms with E-state index in [2.05, 4.69) is 5.32 Å². The number of nitrogens with zero attached hydrogens (tertiary/aromatic N) is 1. The lowest BCUT2D eigenvalue weighted by Gasteiger charge is -2.32. The Balaban J connectivity index is 1.91. The number of benzene rings is 3. The number of ether oxygens (including phenoxy) is 3. The maximum atomic E-state index is 13.6. The summed E-state index contributed by atoms with van der Waals surface area (Å²) in [5.41, 5.74) is 2.98. The molecule has 0 saturated carbocycles. The Bertz CT molecular complexity index is 1130. The number of rotatable bonds is 12. The normalized spacial score (nSPS) is 11.3. The summed E-state index contributed by atoms with van der Waals surface area (Å²) in [5.74, 6) is 1.04. The summed E-state index contributed by atoms with van der Waals surface area (Å²) in [6, 6.07) is 22.0. The highest BCUT2D eigenvalue weighted by Gasteiger charge is 2.30. The molecule has 0 aromatic heterocycles. The van der Waals surface area contributed by atoms with Crippen LogP contribution in [0.5, 0.6) is 17.2 Å². The largest absolute Gasteiger partial charge is 0.496 e. The van der Waals surface area contributed by atoms with Gasteiger partial charge in [-0.3, -0.25) is 9.59 Å². The van der Waals surface area contributed by atoms with Gasteiger partial charge in [0.1, 0.15) is 23.3 Å². The van der Waals surface area contributed by atoms with Crippen LogP contribution in [-0.4, -0.2) is 50.1 Å². The first kappa shape index (κ1) is 26.6. The Morgan fingerprint density at radius 1 is 0.889 bits per heavy atom. The third-order valence-electron chi connectivity index (χ3n) is 5.91. The van der Waals surface area contributed by atoms with Gasteiger partial charge < -0.3 is 24.4 Å². The molecule has 0 unspecified atom stereocenters. The van der Waals surface area contributed by atoms with Crippen LogP contribution in [0.2, 0.25) is 0 Å². The highest BCUT2D eigenvalue weighted by Crippen LogP contribution is 2.27. The quantitative estimate of drug-likeness (QED) is 0.412. The maximum absolute atomic E-state index is 13.6. The Morgan fingerprint density at radius 2 is 1.50 bits per heavy atom. The molecule has 3 rings (SSSR count). The third kappa shape index (κ3) is 7.25. The van der Waals surface area contributed by atoms with Gasteiger partial charge in [0, 0.05) is 37.7 Å². The van der Waals surface area contributed by atoms with Crippen LogP contribution in [0.1, 0.15) is 23.6 Å². The molecule has 1 atom stereocenters. The number of hydrogen-bond donors (Lipinski definition) is 1. The number of hydrogen-bond acceptors (Lipinski definition) is 5. The zero-order valence-corrected chi connectivity index (χ0v) is 21.3. The van der Waals surface area contributed by atoms with E-state index < -0.39 is 6.04 Å². The second kappa shape index (κ2) is 13.2. The minimum absolute atomic E-state index is 0.202. The number of likely N-dealkylation sites (N-methyl/N-ethyl adjacent to an activating group) is 1. The van der Waals surface area contributed by atoms with Gasteiger partial charge in [0.05, 0.1) is 14.2 Å². The average Bonchev–Trinajstić information content (AvgIpc) is 2.90. The van der Waals surface area contributed by atoms with Gasteiger partial charge >= 0.3 is 0 Å².